The van der Waals surface area contributed by atoms with Gasteiger partial charge in [-0.2, -0.15) is 0 Å². The molecule has 0 aromatic rings. The molecule has 354 valence electrons. The highest BCUT2D eigenvalue weighted by atomic mass is 16.6. The van der Waals surface area contributed by atoms with E-state index in [-0.39, 0.29) is 31.1 Å². The fourth-order valence-corrected chi connectivity index (χ4v) is 7.27. The zero-order valence-electron chi connectivity index (χ0n) is 40.4. The Bertz CT molecular complexity index is 1070. The van der Waals surface area contributed by atoms with Crippen molar-refractivity contribution < 1.29 is 28.6 Å². The van der Waals surface area contributed by atoms with Gasteiger partial charge in [0.2, 0.25) is 0 Å². The zero-order chi connectivity index (χ0) is 44.4. The van der Waals surface area contributed by atoms with E-state index in [1.807, 2.05) is 0 Å². The Morgan fingerprint density at radius 2 is 0.607 bits per heavy atom. The molecule has 0 aliphatic carbocycles. The molecule has 0 aromatic carbocycles. The summed E-state index contributed by atoms with van der Waals surface area (Å²) in [5.41, 5.74) is 0. The van der Waals surface area contributed by atoms with Crippen molar-refractivity contribution in [2.75, 3.05) is 13.2 Å². The highest BCUT2D eigenvalue weighted by molar-refractivity contribution is 5.71. The lowest BCUT2D eigenvalue weighted by Crippen LogP contribution is -2.30. The Kier molecular flexibility index (Phi) is 47.9. The van der Waals surface area contributed by atoms with Crippen LogP contribution in [0.1, 0.15) is 265 Å². The number of hydrogen-bond acceptors (Lipinski definition) is 6. The summed E-state index contributed by atoms with van der Waals surface area (Å²) in [5, 5.41) is 0. The quantitative estimate of drug-likeness (QED) is 0.0263. The van der Waals surface area contributed by atoms with Gasteiger partial charge in [-0.25, -0.2) is 0 Å². The van der Waals surface area contributed by atoms with Crippen LogP contribution < -0.4 is 0 Å². The fourth-order valence-electron chi connectivity index (χ4n) is 7.27. The number of carbonyl (C=O) groups is 3. The van der Waals surface area contributed by atoms with Crippen molar-refractivity contribution in [2.24, 2.45) is 0 Å². The van der Waals surface area contributed by atoms with Gasteiger partial charge in [0, 0.05) is 19.3 Å². The molecular formula is C55H98O6. The molecule has 0 amide bonds. The third-order valence-corrected chi connectivity index (χ3v) is 11.3. The number of carbonyl (C=O) groups excluding carboxylic acids is 3. The Balaban J connectivity index is 4.40. The lowest BCUT2D eigenvalue weighted by molar-refractivity contribution is -0.167. The molecule has 0 heterocycles. The maximum Gasteiger partial charge on any atom is 0.306 e. The standard InChI is InChI=1S/C55H98O6/c1-4-7-10-13-16-19-22-25-27-28-31-33-36-39-42-45-48-54(57)60-51-52(50-59-53(56)47-44-41-38-35-32-29-24-21-18-15-12-9-6-3)61-55(58)49-46-43-40-37-34-30-26-23-20-17-14-11-8-5-2/h14,17,21,23-24,26-28,52H,4-13,15-16,18-20,22,25,29-51H2,1-3H3/b17-14-,24-21-,26-23-,28-27-. The number of esters is 3. The predicted octanol–water partition coefficient (Wildman–Crippen LogP) is 17.1. The first-order chi connectivity index (χ1) is 30.0. The molecule has 0 spiro atoms. The van der Waals surface area contributed by atoms with Crippen molar-refractivity contribution in [1.82, 2.24) is 0 Å². The van der Waals surface area contributed by atoms with Crippen LogP contribution in [0.4, 0.5) is 0 Å². The summed E-state index contributed by atoms with van der Waals surface area (Å²) in [6.45, 7) is 6.56. The van der Waals surface area contributed by atoms with Gasteiger partial charge < -0.3 is 14.2 Å². The monoisotopic (exact) mass is 855 g/mol. The predicted molar refractivity (Wildman–Crippen MR) is 261 cm³/mol. The molecule has 0 N–H and O–H groups in total. The second kappa shape index (κ2) is 50.0. The third kappa shape index (κ3) is 48.3. The second-order valence-electron chi connectivity index (χ2n) is 17.4. The molecule has 1 atom stereocenters. The normalized spacial score (nSPS) is 12.4. The van der Waals surface area contributed by atoms with Crippen LogP contribution in [0.5, 0.6) is 0 Å². The average molecular weight is 855 g/mol. The molecule has 0 rings (SSSR count). The molecule has 0 bridgehead atoms. The summed E-state index contributed by atoms with van der Waals surface area (Å²) in [6, 6.07) is 0. The van der Waals surface area contributed by atoms with Crippen molar-refractivity contribution in [3.05, 3.63) is 48.6 Å². The molecule has 1 unspecified atom stereocenters. The highest BCUT2D eigenvalue weighted by Gasteiger charge is 2.19. The Hall–Kier alpha value is -2.63. The highest BCUT2D eigenvalue weighted by Crippen LogP contribution is 2.14. The molecule has 61 heavy (non-hydrogen) atoms. The van der Waals surface area contributed by atoms with Gasteiger partial charge in [-0.15, -0.1) is 0 Å². The van der Waals surface area contributed by atoms with Gasteiger partial charge in [0.15, 0.2) is 6.10 Å². The minimum absolute atomic E-state index is 0.0850. The Morgan fingerprint density at radius 1 is 0.328 bits per heavy atom. The van der Waals surface area contributed by atoms with Gasteiger partial charge >= 0.3 is 17.9 Å². The number of allylic oxidation sites excluding steroid dienone is 8. The van der Waals surface area contributed by atoms with Crippen LogP contribution in [0, 0.1) is 0 Å². The maximum atomic E-state index is 12.8. The van der Waals surface area contributed by atoms with Gasteiger partial charge in [-0.3, -0.25) is 14.4 Å². The van der Waals surface area contributed by atoms with E-state index < -0.39 is 6.10 Å². The maximum absolute atomic E-state index is 12.8. The summed E-state index contributed by atoms with van der Waals surface area (Å²) in [5.74, 6) is -0.909. The summed E-state index contributed by atoms with van der Waals surface area (Å²) in [4.78, 5) is 38.0. The molecule has 0 saturated heterocycles. The smallest absolute Gasteiger partial charge is 0.306 e. The molecule has 0 radical (unpaired) electrons. The molecule has 6 nitrogen and oxygen atoms in total. The van der Waals surface area contributed by atoms with Gasteiger partial charge in [0.1, 0.15) is 13.2 Å². The molecular weight excluding hydrogens is 757 g/mol. The van der Waals surface area contributed by atoms with E-state index in [1.165, 1.54) is 128 Å². The minimum Gasteiger partial charge on any atom is -0.462 e. The van der Waals surface area contributed by atoms with Crippen molar-refractivity contribution in [2.45, 2.75) is 271 Å². The Labute approximate surface area is 378 Å². The van der Waals surface area contributed by atoms with E-state index in [2.05, 4.69) is 69.4 Å². The molecule has 0 aromatic heterocycles. The van der Waals surface area contributed by atoms with Crippen LogP contribution >= 0.6 is 0 Å². The Morgan fingerprint density at radius 3 is 0.984 bits per heavy atom. The molecule has 0 fully saturated rings. The van der Waals surface area contributed by atoms with Crippen LogP contribution in [0.25, 0.3) is 0 Å². The largest absolute Gasteiger partial charge is 0.462 e. The van der Waals surface area contributed by atoms with Crippen LogP contribution in [-0.2, 0) is 28.6 Å². The SMILES string of the molecule is CCCC/C=C\C/C=C\CCCCCCCC(=O)OC(COC(=O)CCCCCCC/C=C\CCCCCC)COC(=O)CCCCCCC/C=C\CCCCCCCCC. The summed E-state index contributed by atoms with van der Waals surface area (Å²) in [6.07, 6.45) is 59.4. The van der Waals surface area contributed by atoms with Crippen molar-refractivity contribution in [3.8, 4) is 0 Å². The number of ether oxygens (including phenoxy) is 3. The van der Waals surface area contributed by atoms with E-state index >= 15 is 0 Å². The van der Waals surface area contributed by atoms with Crippen molar-refractivity contribution in [3.63, 3.8) is 0 Å². The minimum atomic E-state index is -0.785. The molecule has 0 aliphatic rings. The lowest BCUT2D eigenvalue weighted by Gasteiger charge is -2.18. The van der Waals surface area contributed by atoms with Gasteiger partial charge in [0.05, 0.1) is 0 Å². The first-order valence-electron chi connectivity index (χ1n) is 26.1. The van der Waals surface area contributed by atoms with Crippen LogP contribution in [0.2, 0.25) is 0 Å². The average Bonchev–Trinajstić information content (AvgIpc) is 3.26. The first kappa shape index (κ1) is 58.4. The third-order valence-electron chi connectivity index (χ3n) is 11.3. The summed E-state index contributed by atoms with van der Waals surface area (Å²) >= 11 is 0. The van der Waals surface area contributed by atoms with E-state index in [4.69, 9.17) is 14.2 Å². The van der Waals surface area contributed by atoms with E-state index in [0.717, 1.165) is 96.3 Å². The lowest BCUT2D eigenvalue weighted by atomic mass is 10.1. The molecule has 0 aliphatic heterocycles. The van der Waals surface area contributed by atoms with Crippen LogP contribution in [0.3, 0.4) is 0 Å². The van der Waals surface area contributed by atoms with Crippen molar-refractivity contribution >= 4 is 17.9 Å². The summed E-state index contributed by atoms with van der Waals surface area (Å²) in [7, 11) is 0. The number of unbranched alkanes of at least 4 members (excludes halogenated alkanes) is 28. The molecule has 0 saturated carbocycles. The van der Waals surface area contributed by atoms with Gasteiger partial charge in [0.25, 0.3) is 0 Å². The first-order valence-corrected chi connectivity index (χ1v) is 26.1. The number of hydrogen-bond donors (Lipinski definition) is 0. The van der Waals surface area contributed by atoms with Crippen molar-refractivity contribution in [1.29, 1.82) is 0 Å². The summed E-state index contributed by atoms with van der Waals surface area (Å²) < 4.78 is 16.8. The van der Waals surface area contributed by atoms with Gasteiger partial charge in [-0.05, 0) is 96.3 Å². The topological polar surface area (TPSA) is 78.9 Å². The molecule has 6 heteroatoms. The zero-order valence-corrected chi connectivity index (χ0v) is 40.4. The van der Waals surface area contributed by atoms with E-state index in [0.29, 0.717) is 19.3 Å². The number of rotatable bonds is 47. The van der Waals surface area contributed by atoms with Gasteiger partial charge in [-0.1, -0.05) is 198 Å². The van der Waals surface area contributed by atoms with E-state index in [1.54, 1.807) is 0 Å². The second-order valence-corrected chi connectivity index (χ2v) is 17.4. The van der Waals surface area contributed by atoms with E-state index in [9.17, 15) is 14.4 Å². The fraction of sp³-hybridized carbons (Fsp3) is 0.800. The van der Waals surface area contributed by atoms with Crippen LogP contribution in [-0.4, -0.2) is 37.2 Å². The van der Waals surface area contributed by atoms with Crippen LogP contribution in [0.15, 0.2) is 48.6 Å².